The van der Waals surface area contributed by atoms with Gasteiger partial charge in [0.15, 0.2) is 0 Å². The quantitative estimate of drug-likeness (QED) is 0.600. The Morgan fingerprint density at radius 3 is 2.76 bits per heavy atom. The first-order valence-corrected chi connectivity index (χ1v) is 11.1. The number of anilines is 2. The largest absolute Gasteiger partial charge is 0.337 e. The van der Waals surface area contributed by atoms with Gasteiger partial charge in [-0.1, -0.05) is 18.2 Å². The van der Waals surface area contributed by atoms with Crippen molar-refractivity contribution in [2.24, 2.45) is 0 Å². The first-order chi connectivity index (χ1) is 15.9. The van der Waals surface area contributed by atoms with Crippen LogP contribution < -0.4 is 10.6 Å². The second-order valence-electron chi connectivity index (χ2n) is 8.46. The van der Waals surface area contributed by atoms with Crippen LogP contribution in [0.2, 0.25) is 0 Å². The molecule has 2 N–H and O–H groups in total. The Hall–Kier alpha value is -3.77. The summed E-state index contributed by atoms with van der Waals surface area (Å²) in [6, 6.07) is 9.07. The van der Waals surface area contributed by atoms with Gasteiger partial charge in [0, 0.05) is 23.5 Å². The number of aromatic nitrogens is 4. The first-order valence-electron chi connectivity index (χ1n) is 11.1. The summed E-state index contributed by atoms with van der Waals surface area (Å²) in [5.41, 5.74) is 3.46. The average Bonchev–Trinajstić information content (AvgIpc) is 3.29. The van der Waals surface area contributed by atoms with Gasteiger partial charge in [0.1, 0.15) is 6.04 Å². The number of hydrogen-bond donors (Lipinski definition) is 2. The van der Waals surface area contributed by atoms with E-state index in [9.17, 15) is 4.79 Å². The van der Waals surface area contributed by atoms with E-state index in [0.29, 0.717) is 28.8 Å². The monoisotopic (exact) mass is 444 g/mol. The van der Waals surface area contributed by atoms with Crippen molar-refractivity contribution in [3.05, 3.63) is 54.0 Å². The van der Waals surface area contributed by atoms with Gasteiger partial charge < -0.3 is 15.5 Å². The van der Waals surface area contributed by atoms with Gasteiger partial charge in [-0.05, 0) is 58.5 Å². The van der Waals surface area contributed by atoms with Crippen LogP contribution in [0.5, 0.6) is 0 Å². The third-order valence-corrected chi connectivity index (χ3v) is 5.86. The Morgan fingerprint density at radius 2 is 2.00 bits per heavy atom. The molecule has 0 aliphatic carbocycles. The molecule has 170 valence electrons. The standard InChI is InChI=1S/C24H28N8O/c1-16-13-26-24(29-18-14-27-32(15-18)19-8-10-31(3)11-9-19)30-22(16)20-6-4-5-7-21(20)23(33)28-17(2)12-25/h4-7,13-15,17,19H,8-11H2,1-3H3,(H,28,33)(H,26,29,30). The SMILES string of the molecule is Cc1cnc(Nc2cnn(C3CCN(C)CC3)c2)nc1-c1ccccc1C(=O)NC(C)C#N. The van der Waals surface area contributed by atoms with Crippen LogP contribution in [0.25, 0.3) is 11.3 Å². The van der Waals surface area contributed by atoms with E-state index < -0.39 is 6.04 Å². The Morgan fingerprint density at radius 1 is 1.24 bits per heavy atom. The van der Waals surface area contributed by atoms with E-state index in [2.05, 4.69) is 32.7 Å². The highest BCUT2D eigenvalue weighted by molar-refractivity contribution is 6.01. The number of hydrogen-bond acceptors (Lipinski definition) is 7. The Bertz CT molecular complexity index is 1170. The van der Waals surface area contributed by atoms with Crippen molar-refractivity contribution < 1.29 is 4.79 Å². The molecular formula is C24H28N8O. The van der Waals surface area contributed by atoms with E-state index in [4.69, 9.17) is 10.2 Å². The van der Waals surface area contributed by atoms with Gasteiger partial charge in [0.2, 0.25) is 5.95 Å². The third kappa shape index (κ3) is 5.18. The normalized spacial score (nSPS) is 15.6. The first kappa shape index (κ1) is 22.4. The number of nitrogens with zero attached hydrogens (tertiary/aromatic N) is 6. The number of amides is 1. The average molecular weight is 445 g/mol. The zero-order chi connectivity index (χ0) is 23.4. The fourth-order valence-electron chi connectivity index (χ4n) is 3.96. The Kier molecular flexibility index (Phi) is 6.66. The van der Waals surface area contributed by atoms with Crippen molar-refractivity contribution in [1.82, 2.24) is 30.0 Å². The predicted octanol–water partition coefficient (Wildman–Crippen LogP) is 3.30. The minimum atomic E-state index is -0.588. The molecular weight excluding hydrogens is 416 g/mol. The zero-order valence-electron chi connectivity index (χ0n) is 19.1. The van der Waals surface area contributed by atoms with Gasteiger partial charge in [0.05, 0.1) is 29.7 Å². The molecule has 1 fully saturated rings. The number of piperidine rings is 1. The lowest BCUT2D eigenvalue weighted by molar-refractivity contribution is 0.0948. The van der Waals surface area contributed by atoms with E-state index in [-0.39, 0.29) is 5.91 Å². The van der Waals surface area contributed by atoms with Crippen LogP contribution in [0, 0.1) is 18.3 Å². The summed E-state index contributed by atoms with van der Waals surface area (Å²) in [5.74, 6) is 0.116. The van der Waals surface area contributed by atoms with Gasteiger partial charge in [-0.2, -0.15) is 10.4 Å². The number of benzene rings is 1. The Labute approximate surface area is 193 Å². The van der Waals surface area contributed by atoms with E-state index >= 15 is 0 Å². The molecule has 1 aliphatic heterocycles. The molecule has 9 nitrogen and oxygen atoms in total. The maximum Gasteiger partial charge on any atom is 0.252 e. The van der Waals surface area contributed by atoms with Crippen LogP contribution in [0.1, 0.15) is 41.7 Å². The van der Waals surface area contributed by atoms with Crippen molar-refractivity contribution in [2.75, 3.05) is 25.5 Å². The molecule has 0 radical (unpaired) electrons. The van der Waals surface area contributed by atoms with Gasteiger partial charge in [-0.25, -0.2) is 9.97 Å². The molecule has 1 aromatic carbocycles. The number of aryl methyl sites for hydroxylation is 1. The Balaban J connectivity index is 1.56. The summed E-state index contributed by atoms with van der Waals surface area (Å²) in [6.45, 7) is 5.68. The van der Waals surface area contributed by atoms with Gasteiger partial charge in [-0.3, -0.25) is 9.48 Å². The number of likely N-dealkylation sites (tertiary alicyclic amines) is 1. The lowest BCUT2D eigenvalue weighted by Gasteiger charge is -2.28. The van der Waals surface area contributed by atoms with Gasteiger partial charge >= 0.3 is 0 Å². The zero-order valence-corrected chi connectivity index (χ0v) is 19.1. The second kappa shape index (κ2) is 9.79. The molecule has 1 unspecified atom stereocenters. The molecule has 1 atom stereocenters. The minimum absolute atomic E-state index is 0.313. The lowest BCUT2D eigenvalue weighted by Crippen LogP contribution is -2.31. The summed E-state index contributed by atoms with van der Waals surface area (Å²) in [5, 5.41) is 19.5. The number of nitrogens with one attached hydrogen (secondary N) is 2. The van der Waals surface area contributed by atoms with E-state index in [1.54, 1.807) is 31.5 Å². The highest BCUT2D eigenvalue weighted by Crippen LogP contribution is 2.27. The third-order valence-electron chi connectivity index (χ3n) is 5.86. The molecule has 0 spiro atoms. The molecule has 9 heteroatoms. The van der Waals surface area contributed by atoms with E-state index in [0.717, 1.165) is 37.2 Å². The van der Waals surface area contributed by atoms with Crippen molar-refractivity contribution in [3.63, 3.8) is 0 Å². The van der Waals surface area contributed by atoms with E-state index in [1.807, 2.05) is 36.0 Å². The van der Waals surface area contributed by atoms with Crippen LogP contribution in [-0.4, -0.2) is 56.7 Å². The van der Waals surface area contributed by atoms with Crippen LogP contribution in [0.15, 0.2) is 42.9 Å². The molecule has 1 amide bonds. The summed E-state index contributed by atoms with van der Waals surface area (Å²) in [4.78, 5) is 24.2. The van der Waals surface area contributed by atoms with Crippen LogP contribution >= 0.6 is 0 Å². The van der Waals surface area contributed by atoms with Crippen molar-refractivity contribution in [3.8, 4) is 17.3 Å². The van der Waals surface area contributed by atoms with Crippen molar-refractivity contribution in [2.45, 2.75) is 38.8 Å². The molecule has 2 aromatic heterocycles. The minimum Gasteiger partial charge on any atom is -0.337 e. The molecule has 33 heavy (non-hydrogen) atoms. The predicted molar refractivity (Wildman–Crippen MR) is 126 cm³/mol. The van der Waals surface area contributed by atoms with Crippen LogP contribution in [0.3, 0.4) is 0 Å². The molecule has 3 aromatic rings. The maximum absolute atomic E-state index is 12.7. The number of nitriles is 1. The van der Waals surface area contributed by atoms with Gasteiger partial charge in [0.25, 0.3) is 5.91 Å². The van der Waals surface area contributed by atoms with Crippen molar-refractivity contribution >= 4 is 17.5 Å². The molecule has 1 aliphatic rings. The molecule has 4 rings (SSSR count). The maximum atomic E-state index is 12.7. The topological polar surface area (TPSA) is 112 Å². The van der Waals surface area contributed by atoms with Gasteiger partial charge in [-0.15, -0.1) is 0 Å². The highest BCUT2D eigenvalue weighted by Gasteiger charge is 2.20. The molecule has 0 bridgehead atoms. The fraction of sp³-hybridized carbons (Fsp3) is 0.375. The summed E-state index contributed by atoms with van der Waals surface area (Å²) >= 11 is 0. The summed E-state index contributed by atoms with van der Waals surface area (Å²) < 4.78 is 2.01. The fourth-order valence-corrected chi connectivity index (χ4v) is 3.96. The second-order valence-corrected chi connectivity index (χ2v) is 8.46. The lowest BCUT2D eigenvalue weighted by atomic mass is 10.0. The van der Waals surface area contributed by atoms with Crippen molar-refractivity contribution in [1.29, 1.82) is 5.26 Å². The summed E-state index contributed by atoms with van der Waals surface area (Å²) in [7, 11) is 2.14. The molecule has 1 saturated heterocycles. The molecule has 3 heterocycles. The van der Waals surface area contributed by atoms with E-state index in [1.165, 1.54) is 0 Å². The number of carbonyl (C=O) groups excluding carboxylic acids is 1. The van der Waals surface area contributed by atoms with Crippen LogP contribution in [0.4, 0.5) is 11.6 Å². The highest BCUT2D eigenvalue weighted by atomic mass is 16.1. The van der Waals surface area contributed by atoms with Crippen LogP contribution in [-0.2, 0) is 0 Å². The smallest absolute Gasteiger partial charge is 0.252 e. The number of rotatable bonds is 6. The number of carbonyl (C=O) groups is 1. The molecule has 0 saturated carbocycles. The summed E-state index contributed by atoms with van der Waals surface area (Å²) in [6.07, 6.45) is 7.66.